The molecule has 6 atom stereocenters. The summed E-state index contributed by atoms with van der Waals surface area (Å²) in [5.41, 5.74) is 1.46. The summed E-state index contributed by atoms with van der Waals surface area (Å²) in [7, 11) is 0. The van der Waals surface area contributed by atoms with Crippen LogP contribution in [-0.4, -0.2) is 23.3 Å². The molecule has 0 amide bonds. The fourth-order valence-corrected chi connectivity index (χ4v) is 4.31. The summed E-state index contributed by atoms with van der Waals surface area (Å²) in [6.07, 6.45) is 4.63. The van der Waals surface area contributed by atoms with Gasteiger partial charge in [-0.05, 0) is 30.6 Å². The zero-order chi connectivity index (χ0) is 13.1. The van der Waals surface area contributed by atoms with Gasteiger partial charge < -0.3 is 9.84 Å². The molecule has 2 aliphatic carbocycles. The van der Waals surface area contributed by atoms with Crippen molar-refractivity contribution in [3.63, 3.8) is 0 Å². The number of aliphatic hydroxyl groups excluding tert-OH is 1. The molecule has 100 valence electrons. The number of aliphatic hydroxyl groups is 1. The Bertz CT molecular complexity index is 414. The lowest BCUT2D eigenvalue weighted by atomic mass is 9.59. The number of allylic oxidation sites excluding steroid dienone is 1. The Balaban J connectivity index is 1.97. The molecule has 0 unspecified atom stereocenters. The molecular formula is C15H22O3. The Morgan fingerprint density at radius 3 is 2.83 bits per heavy atom. The largest absolute Gasteiger partial charge is 0.461 e. The average molecular weight is 250 g/mol. The number of carbonyl (C=O) groups excluding carboxylic acids is 1. The molecule has 3 aliphatic rings. The van der Waals surface area contributed by atoms with Crippen LogP contribution in [-0.2, 0) is 9.53 Å². The highest BCUT2D eigenvalue weighted by molar-refractivity contribution is 5.75. The molecule has 3 nitrogen and oxygen atoms in total. The molecule has 0 radical (unpaired) electrons. The third kappa shape index (κ3) is 1.63. The van der Waals surface area contributed by atoms with E-state index in [0.717, 1.165) is 19.3 Å². The van der Waals surface area contributed by atoms with Crippen LogP contribution in [0.15, 0.2) is 11.6 Å². The van der Waals surface area contributed by atoms with Crippen LogP contribution in [0.4, 0.5) is 0 Å². The lowest BCUT2D eigenvalue weighted by Crippen LogP contribution is -2.42. The van der Waals surface area contributed by atoms with E-state index in [1.165, 1.54) is 5.57 Å². The van der Waals surface area contributed by atoms with Crippen molar-refractivity contribution in [3.05, 3.63) is 11.6 Å². The van der Waals surface area contributed by atoms with Crippen LogP contribution in [0.5, 0.6) is 0 Å². The van der Waals surface area contributed by atoms with E-state index in [1.807, 2.05) is 6.92 Å². The van der Waals surface area contributed by atoms with Crippen LogP contribution in [0, 0.1) is 23.2 Å². The van der Waals surface area contributed by atoms with Crippen molar-refractivity contribution in [3.8, 4) is 0 Å². The van der Waals surface area contributed by atoms with Crippen molar-refractivity contribution in [1.82, 2.24) is 0 Å². The van der Waals surface area contributed by atoms with Crippen molar-refractivity contribution in [2.45, 2.75) is 52.2 Å². The summed E-state index contributed by atoms with van der Waals surface area (Å²) >= 11 is 0. The third-order valence-corrected chi connectivity index (χ3v) is 5.21. The fraction of sp³-hybridized carbons (Fsp3) is 0.800. The van der Waals surface area contributed by atoms with Crippen molar-refractivity contribution < 1.29 is 14.6 Å². The van der Waals surface area contributed by atoms with Crippen molar-refractivity contribution >= 4 is 5.97 Å². The molecule has 0 aromatic carbocycles. The van der Waals surface area contributed by atoms with E-state index >= 15 is 0 Å². The lowest BCUT2D eigenvalue weighted by Gasteiger charge is -2.47. The highest BCUT2D eigenvalue weighted by Crippen LogP contribution is 2.53. The van der Waals surface area contributed by atoms with E-state index in [-0.39, 0.29) is 35.4 Å². The number of rotatable bonds is 0. The second-order valence-electron chi connectivity index (χ2n) is 6.72. The molecule has 2 fully saturated rings. The first-order chi connectivity index (χ1) is 8.40. The minimum Gasteiger partial charge on any atom is -0.461 e. The number of hydrogen-bond acceptors (Lipinski definition) is 3. The first kappa shape index (κ1) is 12.2. The average Bonchev–Trinajstić information content (AvgIpc) is 2.50. The highest BCUT2D eigenvalue weighted by Gasteiger charge is 2.51. The fourth-order valence-electron chi connectivity index (χ4n) is 4.31. The van der Waals surface area contributed by atoms with Gasteiger partial charge in [-0.25, -0.2) is 0 Å². The van der Waals surface area contributed by atoms with Gasteiger partial charge >= 0.3 is 5.97 Å². The molecule has 3 rings (SSSR count). The Morgan fingerprint density at radius 1 is 1.39 bits per heavy atom. The molecule has 0 spiro atoms. The normalized spacial score (nSPS) is 51.2. The maximum Gasteiger partial charge on any atom is 0.309 e. The summed E-state index contributed by atoms with van der Waals surface area (Å²) < 4.78 is 5.50. The highest BCUT2D eigenvalue weighted by atomic mass is 16.6. The standard InChI is InChI=1S/C15H22O3/c1-8-4-10(16)6-15(3)7-13-11(5-12(8)15)9(2)14(17)18-13/h5,8-11,13,16H,4,6-7H2,1-3H3/t8-,9+,10-,11+,13+,15+/m0/s1. The van der Waals surface area contributed by atoms with Crippen molar-refractivity contribution in [2.75, 3.05) is 0 Å². The van der Waals surface area contributed by atoms with Crippen LogP contribution < -0.4 is 0 Å². The number of carbonyl (C=O) groups is 1. The first-order valence-corrected chi connectivity index (χ1v) is 7.01. The van der Waals surface area contributed by atoms with E-state index in [4.69, 9.17) is 4.74 Å². The van der Waals surface area contributed by atoms with Gasteiger partial charge in [0.05, 0.1) is 12.0 Å². The Kier molecular flexibility index (Phi) is 2.60. The minimum atomic E-state index is -0.215. The number of hydrogen-bond donors (Lipinski definition) is 1. The molecule has 1 aliphatic heterocycles. The molecule has 3 heteroatoms. The summed E-state index contributed by atoms with van der Waals surface area (Å²) in [4.78, 5) is 11.7. The van der Waals surface area contributed by atoms with Crippen LogP contribution in [0.3, 0.4) is 0 Å². The van der Waals surface area contributed by atoms with Crippen LogP contribution in [0.25, 0.3) is 0 Å². The van der Waals surface area contributed by atoms with Gasteiger partial charge in [0, 0.05) is 5.92 Å². The summed E-state index contributed by atoms with van der Waals surface area (Å²) in [6.45, 7) is 6.37. The molecule has 1 saturated carbocycles. The second-order valence-corrected chi connectivity index (χ2v) is 6.72. The number of fused-ring (bicyclic) bond motifs is 2. The van der Waals surface area contributed by atoms with Crippen LogP contribution >= 0.6 is 0 Å². The Labute approximate surface area is 108 Å². The number of esters is 1. The predicted octanol–water partition coefficient (Wildman–Crippen LogP) is 2.29. The smallest absolute Gasteiger partial charge is 0.309 e. The van der Waals surface area contributed by atoms with Crippen LogP contribution in [0.2, 0.25) is 0 Å². The Morgan fingerprint density at radius 2 is 2.11 bits per heavy atom. The minimum absolute atomic E-state index is 0.00824. The van der Waals surface area contributed by atoms with Crippen molar-refractivity contribution in [2.24, 2.45) is 23.2 Å². The zero-order valence-corrected chi connectivity index (χ0v) is 11.3. The SMILES string of the molecule is C[C@H]1C[C@H](O)C[C@]2(C)C[C@H]3OC(=O)[C@H](C)[C@H]3C=C12. The molecule has 0 aromatic rings. The molecule has 18 heavy (non-hydrogen) atoms. The van der Waals surface area contributed by atoms with E-state index in [0.29, 0.717) is 5.92 Å². The van der Waals surface area contributed by atoms with Gasteiger partial charge in [0.2, 0.25) is 0 Å². The number of ether oxygens (including phenoxy) is 1. The molecule has 1 heterocycles. The maximum absolute atomic E-state index is 11.7. The summed E-state index contributed by atoms with van der Waals surface area (Å²) in [5, 5.41) is 9.99. The second kappa shape index (κ2) is 3.83. The van der Waals surface area contributed by atoms with Gasteiger partial charge in [0.1, 0.15) is 6.10 Å². The van der Waals surface area contributed by atoms with Crippen LogP contribution in [0.1, 0.15) is 40.0 Å². The molecule has 1 saturated heterocycles. The first-order valence-electron chi connectivity index (χ1n) is 7.01. The summed E-state index contributed by atoms with van der Waals surface area (Å²) in [6, 6.07) is 0. The molecule has 0 bridgehead atoms. The van der Waals surface area contributed by atoms with Crippen molar-refractivity contribution in [1.29, 1.82) is 0 Å². The van der Waals surface area contributed by atoms with E-state index in [2.05, 4.69) is 19.9 Å². The van der Waals surface area contributed by atoms with Gasteiger partial charge in [-0.1, -0.05) is 32.4 Å². The van der Waals surface area contributed by atoms with Gasteiger partial charge in [-0.2, -0.15) is 0 Å². The molecular weight excluding hydrogens is 228 g/mol. The van der Waals surface area contributed by atoms with Gasteiger partial charge in [0.15, 0.2) is 0 Å². The van der Waals surface area contributed by atoms with E-state index in [1.54, 1.807) is 0 Å². The quantitative estimate of drug-likeness (QED) is 0.530. The van der Waals surface area contributed by atoms with Gasteiger partial charge in [0.25, 0.3) is 0 Å². The van der Waals surface area contributed by atoms with E-state index in [9.17, 15) is 9.90 Å². The summed E-state index contributed by atoms with van der Waals surface area (Å²) in [5.74, 6) is 0.601. The van der Waals surface area contributed by atoms with Gasteiger partial charge in [-0.3, -0.25) is 4.79 Å². The van der Waals surface area contributed by atoms with Gasteiger partial charge in [-0.15, -0.1) is 0 Å². The maximum atomic E-state index is 11.7. The predicted molar refractivity (Wildman–Crippen MR) is 67.7 cm³/mol. The zero-order valence-electron chi connectivity index (χ0n) is 11.3. The molecule has 1 N–H and O–H groups in total. The van der Waals surface area contributed by atoms with E-state index < -0.39 is 0 Å². The monoisotopic (exact) mass is 250 g/mol. The Hall–Kier alpha value is -0.830. The molecule has 0 aromatic heterocycles. The topological polar surface area (TPSA) is 46.5 Å². The lowest BCUT2D eigenvalue weighted by molar-refractivity contribution is -0.145. The third-order valence-electron chi connectivity index (χ3n) is 5.21.